The van der Waals surface area contributed by atoms with E-state index in [-0.39, 0.29) is 35.1 Å². The van der Waals surface area contributed by atoms with Crippen LogP contribution in [0.5, 0.6) is 0 Å². The molecule has 0 aromatic heterocycles. The lowest BCUT2D eigenvalue weighted by Crippen LogP contribution is -2.30. The van der Waals surface area contributed by atoms with Crippen molar-refractivity contribution in [2.24, 2.45) is 11.8 Å². The highest BCUT2D eigenvalue weighted by Crippen LogP contribution is 2.45. The van der Waals surface area contributed by atoms with Crippen molar-refractivity contribution in [1.82, 2.24) is 0 Å². The first kappa shape index (κ1) is 29.7. The Balaban J connectivity index is 1.12. The van der Waals surface area contributed by atoms with Crippen LogP contribution in [0.4, 0.5) is 11.4 Å². The largest absolute Gasteiger partial charge is 0.462 e. The lowest BCUT2D eigenvalue weighted by molar-refractivity contribution is -0.122. The van der Waals surface area contributed by atoms with Crippen molar-refractivity contribution < 1.29 is 33.4 Å². The Morgan fingerprint density at radius 3 is 2.09 bits per heavy atom. The number of rotatable bonds is 10. The standard InChI is InChI=1S/C34H34N2O7/c1-2-3-19-42-33(40)23-9-14-26(15-10-23)35-30(37)21-43-34(41)24-11-16-27(17-12-24)36-31(38)28-18-13-25(20-29(28)32(36)39)22-7-5-4-6-8-22/h4-12,14-17,25,28-29H,2-3,13,18-21H2,1H3,(H,35,37)/t25-,28-,29-/m1/s1. The molecule has 1 aliphatic carbocycles. The fraction of sp³-hybridized carbons (Fsp3) is 0.324. The van der Waals surface area contributed by atoms with Crippen LogP contribution in [0.15, 0.2) is 78.9 Å². The first-order chi connectivity index (χ1) is 20.9. The summed E-state index contributed by atoms with van der Waals surface area (Å²) in [6, 6.07) is 22.3. The predicted molar refractivity (Wildman–Crippen MR) is 159 cm³/mol. The number of imide groups is 1. The SMILES string of the molecule is CCCCOC(=O)c1ccc(NC(=O)COC(=O)c2ccc(N3C(=O)[C@@H]4CC[C@@H](c5ccccc5)C[C@H]4C3=O)cc2)cc1. The first-order valence-electron chi connectivity index (χ1n) is 14.6. The summed E-state index contributed by atoms with van der Waals surface area (Å²) >= 11 is 0. The van der Waals surface area contributed by atoms with Crippen LogP contribution in [0.25, 0.3) is 0 Å². The molecule has 3 atom stereocenters. The Bertz CT molecular complexity index is 1490. The number of hydrogen-bond donors (Lipinski definition) is 1. The fourth-order valence-electron chi connectivity index (χ4n) is 5.70. The molecule has 1 saturated carbocycles. The topological polar surface area (TPSA) is 119 Å². The maximum atomic E-state index is 13.3. The zero-order chi connectivity index (χ0) is 30.3. The van der Waals surface area contributed by atoms with E-state index in [4.69, 9.17) is 9.47 Å². The molecule has 222 valence electrons. The molecule has 1 aliphatic heterocycles. The summed E-state index contributed by atoms with van der Waals surface area (Å²) in [5, 5.41) is 2.61. The first-order valence-corrected chi connectivity index (χ1v) is 14.6. The van der Waals surface area contributed by atoms with Gasteiger partial charge in [-0.05, 0) is 85.7 Å². The van der Waals surface area contributed by atoms with Gasteiger partial charge >= 0.3 is 11.9 Å². The molecule has 3 aromatic carbocycles. The number of fused-ring (bicyclic) bond motifs is 1. The molecule has 43 heavy (non-hydrogen) atoms. The Morgan fingerprint density at radius 2 is 1.42 bits per heavy atom. The van der Waals surface area contributed by atoms with Crippen LogP contribution in [-0.4, -0.2) is 42.9 Å². The normalized spacial score (nSPS) is 19.5. The number of nitrogens with one attached hydrogen (secondary N) is 1. The molecule has 3 aromatic rings. The summed E-state index contributed by atoms with van der Waals surface area (Å²) in [4.78, 5) is 64.6. The van der Waals surface area contributed by atoms with Crippen LogP contribution in [0.1, 0.15) is 71.2 Å². The number of nitrogens with zero attached hydrogens (tertiary/aromatic N) is 1. The minimum Gasteiger partial charge on any atom is -0.462 e. The highest BCUT2D eigenvalue weighted by atomic mass is 16.5. The fourth-order valence-corrected chi connectivity index (χ4v) is 5.70. The van der Waals surface area contributed by atoms with E-state index in [1.807, 2.05) is 25.1 Å². The molecule has 0 unspecified atom stereocenters. The summed E-state index contributed by atoms with van der Waals surface area (Å²) in [5.41, 5.74) is 2.59. The Labute approximate surface area is 250 Å². The summed E-state index contributed by atoms with van der Waals surface area (Å²) < 4.78 is 10.3. The van der Waals surface area contributed by atoms with E-state index in [1.165, 1.54) is 22.6 Å². The van der Waals surface area contributed by atoms with Gasteiger partial charge in [-0.2, -0.15) is 0 Å². The number of benzene rings is 3. The van der Waals surface area contributed by atoms with Gasteiger partial charge in [0.05, 0.1) is 35.3 Å². The predicted octanol–water partition coefficient (Wildman–Crippen LogP) is 5.51. The average molecular weight is 583 g/mol. The molecule has 5 rings (SSSR count). The monoisotopic (exact) mass is 582 g/mol. The molecule has 0 bridgehead atoms. The molecule has 9 nitrogen and oxygen atoms in total. The van der Waals surface area contributed by atoms with E-state index < -0.39 is 24.5 Å². The highest BCUT2D eigenvalue weighted by Gasteiger charge is 2.50. The second-order valence-electron chi connectivity index (χ2n) is 10.9. The van der Waals surface area contributed by atoms with Crippen molar-refractivity contribution in [1.29, 1.82) is 0 Å². The number of ether oxygens (including phenoxy) is 2. The second-order valence-corrected chi connectivity index (χ2v) is 10.9. The number of carbonyl (C=O) groups is 5. The number of unbranched alkanes of at least 4 members (excludes halogenated alkanes) is 1. The van der Waals surface area contributed by atoms with Gasteiger partial charge in [0.2, 0.25) is 11.8 Å². The Morgan fingerprint density at radius 1 is 0.791 bits per heavy atom. The van der Waals surface area contributed by atoms with E-state index in [9.17, 15) is 24.0 Å². The van der Waals surface area contributed by atoms with E-state index in [0.717, 1.165) is 19.3 Å². The van der Waals surface area contributed by atoms with Crippen LogP contribution in [0.3, 0.4) is 0 Å². The average Bonchev–Trinajstić information content (AvgIpc) is 3.29. The number of hydrogen-bond acceptors (Lipinski definition) is 7. The third-order valence-corrected chi connectivity index (χ3v) is 8.03. The smallest absolute Gasteiger partial charge is 0.338 e. The van der Waals surface area contributed by atoms with Gasteiger partial charge in [-0.15, -0.1) is 0 Å². The zero-order valence-corrected chi connectivity index (χ0v) is 24.0. The Hall–Kier alpha value is -4.79. The van der Waals surface area contributed by atoms with Crippen molar-refractivity contribution in [2.75, 3.05) is 23.4 Å². The van der Waals surface area contributed by atoms with Gasteiger partial charge in [0.1, 0.15) is 0 Å². The van der Waals surface area contributed by atoms with E-state index in [0.29, 0.717) is 36.4 Å². The van der Waals surface area contributed by atoms with Crippen LogP contribution in [-0.2, 0) is 23.9 Å². The van der Waals surface area contributed by atoms with E-state index in [2.05, 4.69) is 17.4 Å². The molecular weight excluding hydrogens is 548 g/mol. The van der Waals surface area contributed by atoms with Crippen LogP contribution in [0.2, 0.25) is 0 Å². The molecule has 0 radical (unpaired) electrons. The van der Waals surface area contributed by atoms with Gasteiger partial charge in [-0.3, -0.25) is 19.3 Å². The third kappa shape index (κ3) is 6.83. The third-order valence-electron chi connectivity index (χ3n) is 8.03. The molecule has 3 amide bonds. The van der Waals surface area contributed by atoms with Gasteiger partial charge in [0.25, 0.3) is 5.91 Å². The van der Waals surface area contributed by atoms with Crippen molar-refractivity contribution in [3.8, 4) is 0 Å². The van der Waals surface area contributed by atoms with Crippen molar-refractivity contribution >= 4 is 41.0 Å². The molecule has 2 fully saturated rings. The van der Waals surface area contributed by atoms with Gasteiger partial charge in [-0.25, -0.2) is 9.59 Å². The van der Waals surface area contributed by atoms with Gasteiger partial charge in [0, 0.05) is 5.69 Å². The summed E-state index contributed by atoms with van der Waals surface area (Å²) in [7, 11) is 0. The summed E-state index contributed by atoms with van der Waals surface area (Å²) in [6.07, 6.45) is 3.87. The maximum Gasteiger partial charge on any atom is 0.338 e. The number of amides is 3. The molecular formula is C34H34N2O7. The van der Waals surface area contributed by atoms with Gasteiger partial charge in [-0.1, -0.05) is 43.7 Å². The van der Waals surface area contributed by atoms with Crippen molar-refractivity contribution in [3.63, 3.8) is 0 Å². The molecule has 0 spiro atoms. The van der Waals surface area contributed by atoms with Crippen molar-refractivity contribution in [3.05, 3.63) is 95.6 Å². The molecule has 2 aliphatic rings. The number of esters is 2. The van der Waals surface area contributed by atoms with Crippen molar-refractivity contribution in [2.45, 2.75) is 44.9 Å². The minimum atomic E-state index is -0.717. The summed E-state index contributed by atoms with van der Waals surface area (Å²) in [5.74, 6) is -2.54. The van der Waals surface area contributed by atoms with Gasteiger partial charge in [0.15, 0.2) is 6.61 Å². The summed E-state index contributed by atoms with van der Waals surface area (Å²) in [6.45, 7) is 1.84. The Kier molecular flexibility index (Phi) is 9.29. The second kappa shape index (κ2) is 13.5. The highest BCUT2D eigenvalue weighted by molar-refractivity contribution is 6.22. The number of anilines is 2. The molecule has 1 saturated heterocycles. The lowest BCUT2D eigenvalue weighted by atomic mass is 9.73. The maximum absolute atomic E-state index is 13.3. The van der Waals surface area contributed by atoms with E-state index in [1.54, 1.807) is 36.4 Å². The van der Waals surface area contributed by atoms with Crippen LogP contribution >= 0.6 is 0 Å². The van der Waals surface area contributed by atoms with Gasteiger partial charge < -0.3 is 14.8 Å². The van der Waals surface area contributed by atoms with Crippen LogP contribution in [0, 0.1) is 11.8 Å². The minimum absolute atomic E-state index is 0.183. The molecule has 1 heterocycles. The zero-order valence-electron chi connectivity index (χ0n) is 24.0. The van der Waals surface area contributed by atoms with E-state index >= 15 is 0 Å². The van der Waals surface area contributed by atoms with Crippen LogP contribution < -0.4 is 10.2 Å². The molecule has 9 heteroatoms. The number of carbonyl (C=O) groups excluding carboxylic acids is 5. The molecule has 1 N–H and O–H groups in total. The quantitative estimate of drug-likeness (QED) is 0.190. The lowest BCUT2D eigenvalue weighted by Gasteiger charge is -2.28.